The third kappa shape index (κ3) is 7.87. The number of hydrogen-bond donors (Lipinski definition) is 4. The molecule has 1 fully saturated rings. The number of nitrogens with two attached hydrogens (primary N) is 1. The van der Waals surface area contributed by atoms with Crippen molar-refractivity contribution in [3.63, 3.8) is 0 Å². The number of aromatic nitrogens is 5. The van der Waals surface area contributed by atoms with Gasteiger partial charge in [-0.2, -0.15) is 15.3 Å². The van der Waals surface area contributed by atoms with Crippen molar-refractivity contribution in [1.29, 1.82) is 5.26 Å². The van der Waals surface area contributed by atoms with Gasteiger partial charge < -0.3 is 21.7 Å². The van der Waals surface area contributed by atoms with Crippen LogP contribution >= 0.6 is 0 Å². The molecule has 3 heterocycles. The van der Waals surface area contributed by atoms with Gasteiger partial charge in [0.15, 0.2) is 0 Å². The van der Waals surface area contributed by atoms with Crippen molar-refractivity contribution in [2.75, 3.05) is 22.1 Å². The van der Waals surface area contributed by atoms with Crippen molar-refractivity contribution in [2.45, 2.75) is 63.7 Å². The smallest absolute Gasteiger partial charge is 0.323 e. The first-order chi connectivity index (χ1) is 21.2. The van der Waals surface area contributed by atoms with Crippen LogP contribution in [0.4, 0.5) is 22.4 Å². The van der Waals surface area contributed by atoms with E-state index in [4.69, 9.17) is 10.7 Å². The average Bonchev–Trinajstić information content (AvgIpc) is 3.46. The zero-order chi connectivity index (χ0) is 31.1. The van der Waals surface area contributed by atoms with E-state index >= 15 is 0 Å². The number of carbonyl (C=O) groups is 1. The molecule has 0 bridgehead atoms. The molecule has 4 aromatic rings. The van der Waals surface area contributed by atoms with E-state index in [1.54, 1.807) is 22.0 Å². The Morgan fingerprint density at radius 3 is 2.48 bits per heavy atom. The Balaban J connectivity index is 1.28. The first-order valence-corrected chi connectivity index (χ1v) is 14.8. The number of amides is 2. The molecule has 0 atom stereocenters. The second kappa shape index (κ2) is 13.5. The molecule has 0 aliphatic heterocycles. The van der Waals surface area contributed by atoms with Crippen molar-refractivity contribution < 1.29 is 4.79 Å². The number of urea groups is 1. The summed E-state index contributed by atoms with van der Waals surface area (Å²) in [5.74, 6) is 1.52. The lowest BCUT2D eigenvalue weighted by atomic mass is 9.90. The fourth-order valence-corrected chi connectivity index (χ4v) is 5.23. The molecule has 1 aliphatic carbocycles. The van der Waals surface area contributed by atoms with Gasteiger partial charge in [-0.1, -0.05) is 30.3 Å². The zero-order valence-electron chi connectivity index (χ0n) is 25.4. The van der Waals surface area contributed by atoms with E-state index < -0.39 is 5.54 Å². The summed E-state index contributed by atoms with van der Waals surface area (Å²) in [4.78, 5) is 29.1. The maximum Gasteiger partial charge on any atom is 0.323 e. The number of hydrogen-bond acceptors (Lipinski definition) is 9. The summed E-state index contributed by atoms with van der Waals surface area (Å²) in [7, 11) is 1.88. The second-order valence-electron chi connectivity index (χ2n) is 11.9. The lowest BCUT2D eigenvalue weighted by Gasteiger charge is -2.36. The average molecular weight is 594 g/mol. The molecular formula is C32H39N11O. The summed E-state index contributed by atoms with van der Waals surface area (Å²) >= 11 is 0. The topological polar surface area (TPSA) is 163 Å². The van der Waals surface area contributed by atoms with E-state index in [-0.39, 0.29) is 18.1 Å². The van der Waals surface area contributed by atoms with Crippen LogP contribution in [0.15, 0.2) is 67.3 Å². The first-order valence-electron chi connectivity index (χ1n) is 14.8. The summed E-state index contributed by atoms with van der Waals surface area (Å²) in [5, 5.41) is 23.4. The number of rotatable bonds is 10. The summed E-state index contributed by atoms with van der Waals surface area (Å²) in [6.45, 7) is 4.69. The minimum absolute atomic E-state index is 0.0357. The monoisotopic (exact) mass is 593 g/mol. The van der Waals surface area contributed by atoms with Gasteiger partial charge in [0.25, 0.3) is 0 Å². The van der Waals surface area contributed by atoms with Crippen LogP contribution in [0.3, 0.4) is 0 Å². The summed E-state index contributed by atoms with van der Waals surface area (Å²) < 4.78 is 1.75. The maximum atomic E-state index is 13.7. The van der Waals surface area contributed by atoms with Gasteiger partial charge in [0.1, 0.15) is 23.3 Å². The molecule has 12 heteroatoms. The number of nitrogens with one attached hydrogen (secondary N) is 3. The van der Waals surface area contributed by atoms with Crippen LogP contribution in [-0.2, 0) is 13.6 Å². The van der Waals surface area contributed by atoms with Crippen molar-refractivity contribution in [3.8, 4) is 17.2 Å². The SMILES string of the molecule is Cn1cc(-c2ccc(N(C(=O)NCc3ccccc3)[C@H]3CC[C@@H](Nc4ncc(C#N)c(NCC(C)(C)N)n4)CC3)nc2)cn1. The lowest BCUT2D eigenvalue weighted by molar-refractivity contribution is 0.240. The van der Waals surface area contributed by atoms with Crippen LogP contribution in [0.2, 0.25) is 0 Å². The molecular weight excluding hydrogens is 554 g/mol. The fourth-order valence-electron chi connectivity index (χ4n) is 5.23. The van der Waals surface area contributed by atoms with E-state index in [2.05, 4.69) is 37.1 Å². The number of pyridine rings is 1. The van der Waals surface area contributed by atoms with E-state index in [1.165, 1.54) is 6.20 Å². The third-order valence-electron chi connectivity index (χ3n) is 7.55. The van der Waals surface area contributed by atoms with E-state index in [0.717, 1.165) is 42.4 Å². The summed E-state index contributed by atoms with van der Waals surface area (Å²) in [6.07, 6.45) is 10.2. The van der Waals surface area contributed by atoms with Crippen LogP contribution in [0.25, 0.3) is 11.1 Å². The minimum atomic E-state index is -0.461. The van der Waals surface area contributed by atoms with E-state index in [0.29, 0.717) is 36.2 Å². The standard InChI is InChI=1S/C32H39N11O/c1-32(2,34)21-38-29-24(15-33)18-36-30(41-29)40-26-10-12-27(13-11-26)43(31(44)37-16-22-7-5-4-6-8-22)28-14-9-23(17-35-28)25-19-39-42(3)20-25/h4-9,14,17-20,26-27H,10-13,16,21,34H2,1-3H3,(H,37,44)(H2,36,38,40,41)/t26-,27+. The molecule has 5 rings (SSSR count). The molecule has 0 radical (unpaired) electrons. The van der Waals surface area contributed by atoms with Crippen molar-refractivity contribution >= 4 is 23.6 Å². The molecule has 3 aromatic heterocycles. The number of anilines is 3. The molecule has 1 saturated carbocycles. The highest BCUT2D eigenvalue weighted by molar-refractivity contribution is 5.91. The maximum absolute atomic E-state index is 13.7. The van der Waals surface area contributed by atoms with Gasteiger partial charge in [0, 0.05) is 61.3 Å². The zero-order valence-corrected chi connectivity index (χ0v) is 25.4. The second-order valence-corrected chi connectivity index (χ2v) is 11.9. The van der Waals surface area contributed by atoms with E-state index in [9.17, 15) is 10.1 Å². The Bertz CT molecular complexity index is 1580. The fraction of sp³-hybridized carbons (Fsp3) is 0.375. The number of aryl methyl sites for hydroxylation is 1. The number of benzene rings is 1. The molecule has 0 spiro atoms. The van der Waals surface area contributed by atoms with Crippen molar-refractivity contribution in [1.82, 2.24) is 30.0 Å². The van der Waals surface area contributed by atoms with Gasteiger partial charge in [-0.15, -0.1) is 0 Å². The predicted octanol–water partition coefficient (Wildman–Crippen LogP) is 4.43. The molecule has 0 saturated heterocycles. The molecule has 1 aliphatic rings. The van der Waals surface area contributed by atoms with Gasteiger partial charge in [0.2, 0.25) is 5.95 Å². The highest BCUT2D eigenvalue weighted by Crippen LogP contribution is 2.30. The normalized spacial score (nSPS) is 16.5. The molecule has 228 valence electrons. The van der Waals surface area contributed by atoms with Gasteiger partial charge in [0.05, 0.1) is 12.4 Å². The number of nitriles is 1. The Hall–Kier alpha value is -5.02. The highest BCUT2D eigenvalue weighted by atomic mass is 16.2. The van der Waals surface area contributed by atoms with Gasteiger partial charge in [-0.3, -0.25) is 9.58 Å². The van der Waals surface area contributed by atoms with Crippen LogP contribution in [0, 0.1) is 11.3 Å². The van der Waals surface area contributed by atoms with Crippen molar-refractivity contribution in [2.24, 2.45) is 12.8 Å². The van der Waals surface area contributed by atoms with Gasteiger partial charge in [-0.25, -0.2) is 14.8 Å². The Morgan fingerprint density at radius 1 is 1.07 bits per heavy atom. The first kappa shape index (κ1) is 30.4. The summed E-state index contributed by atoms with van der Waals surface area (Å²) in [5.41, 5.74) is 8.93. The van der Waals surface area contributed by atoms with Crippen LogP contribution in [0.1, 0.15) is 50.7 Å². The third-order valence-corrected chi connectivity index (χ3v) is 7.55. The molecule has 1 aromatic carbocycles. The van der Waals surface area contributed by atoms with Gasteiger partial charge in [-0.05, 0) is 57.2 Å². The van der Waals surface area contributed by atoms with Crippen LogP contribution in [0.5, 0.6) is 0 Å². The highest BCUT2D eigenvalue weighted by Gasteiger charge is 2.31. The largest absolute Gasteiger partial charge is 0.367 e. The molecule has 12 nitrogen and oxygen atoms in total. The number of carbonyl (C=O) groups excluding carboxylic acids is 1. The van der Waals surface area contributed by atoms with Crippen LogP contribution < -0.4 is 26.6 Å². The van der Waals surface area contributed by atoms with Gasteiger partial charge >= 0.3 is 6.03 Å². The quantitative estimate of drug-likeness (QED) is 0.208. The van der Waals surface area contributed by atoms with Crippen molar-refractivity contribution in [3.05, 3.63) is 78.4 Å². The van der Waals surface area contributed by atoms with E-state index in [1.807, 2.05) is 69.6 Å². The Morgan fingerprint density at radius 2 is 1.84 bits per heavy atom. The Labute approximate surface area is 257 Å². The van der Waals surface area contributed by atoms with Crippen LogP contribution in [-0.4, -0.2) is 54.9 Å². The number of nitrogens with zero attached hydrogens (tertiary/aromatic N) is 7. The Kier molecular flexibility index (Phi) is 9.35. The predicted molar refractivity (Wildman–Crippen MR) is 171 cm³/mol. The summed E-state index contributed by atoms with van der Waals surface area (Å²) in [6, 6.07) is 15.8. The lowest BCUT2D eigenvalue weighted by Crippen LogP contribution is -2.49. The minimum Gasteiger partial charge on any atom is -0.367 e. The molecule has 0 unspecified atom stereocenters. The molecule has 5 N–H and O–H groups in total. The molecule has 2 amide bonds. The molecule has 44 heavy (non-hydrogen) atoms.